The van der Waals surface area contributed by atoms with Gasteiger partial charge < -0.3 is 19.9 Å². The van der Waals surface area contributed by atoms with Crippen molar-refractivity contribution in [3.8, 4) is 5.75 Å². The van der Waals surface area contributed by atoms with Gasteiger partial charge in [0.1, 0.15) is 5.75 Å². The van der Waals surface area contributed by atoms with E-state index in [2.05, 4.69) is 25.8 Å². The van der Waals surface area contributed by atoms with Gasteiger partial charge in [0.05, 0.1) is 30.2 Å². The van der Waals surface area contributed by atoms with E-state index in [1.54, 1.807) is 24.3 Å². The fourth-order valence-electron chi connectivity index (χ4n) is 2.89. The van der Waals surface area contributed by atoms with E-state index in [9.17, 15) is 9.59 Å². The number of aromatic nitrogens is 4. The van der Waals surface area contributed by atoms with E-state index in [1.165, 1.54) is 30.2 Å². The average Bonchev–Trinajstić information content (AvgIpc) is 3.32. The minimum atomic E-state index is -0.398. The van der Waals surface area contributed by atoms with Crippen LogP contribution in [0.3, 0.4) is 0 Å². The van der Waals surface area contributed by atoms with Crippen molar-refractivity contribution in [3.05, 3.63) is 46.2 Å². The van der Waals surface area contributed by atoms with Crippen molar-refractivity contribution >= 4 is 40.0 Å². The molecule has 0 saturated heterocycles. The van der Waals surface area contributed by atoms with Gasteiger partial charge in [-0.3, -0.25) is 9.59 Å². The average molecular weight is 475 g/mol. The van der Waals surface area contributed by atoms with Crippen LogP contribution in [0, 0.1) is 13.8 Å². The number of thioether (sulfide) groups is 1. The molecule has 3 rings (SSSR count). The van der Waals surface area contributed by atoms with Crippen LogP contribution in [0.25, 0.3) is 0 Å². The zero-order valence-electron chi connectivity index (χ0n) is 18.6. The number of anilines is 1. The molecule has 2 heterocycles. The molecule has 2 aromatic heterocycles. The standard InChI is InChI=1S/C21H26N6O3S2/c1-6-27-17(11-22-19(29)15-9-7-8-10-16(15)30-5)25-26-21(27)32-14(4)18(28)24-20-23-12(2)13(3)31-20/h7-10,14H,6,11H2,1-5H3,(H,22,29)(H,23,24,28)/t14-/m1/s1. The highest BCUT2D eigenvalue weighted by Crippen LogP contribution is 2.26. The van der Waals surface area contributed by atoms with Gasteiger partial charge in [0.15, 0.2) is 16.1 Å². The Hall–Kier alpha value is -2.92. The van der Waals surface area contributed by atoms with Gasteiger partial charge in [0.25, 0.3) is 5.91 Å². The normalized spacial score (nSPS) is 11.8. The molecule has 0 unspecified atom stereocenters. The predicted molar refractivity (Wildman–Crippen MR) is 125 cm³/mol. The smallest absolute Gasteiger partial charge is 0.255 e. The molecule has 0 aliphatic heterocycles. The predicted octanol–water partition coefficient (Wildman–Crippen LogP) is 3.43. The summed E-state index contributed by atoms with van der Waals surface area (Å²) < 4.78 is 7.13. The van der Waals surface area contributed by atoms with Crippen molar-refractivity contribution in [2.45, 2.75) is 51.2 Å². The molecule has 0 aliphatic carbocycles. The van der Waals surface area contributed by atoms with Crippen molar-refractivity contribution in [2.75, 3.05) is 12.4 Å². The molecular formula is C21H26N6O3S2. The fraction of sp³-hybridized carbons (Fsp3) is 0.381. The Balaban J connectivity index is 1.63. The van der Waals surface area contributed by atoms with Crippen LogP contribution in [0.4, 0.5) is 5.13 Å². The third-order valence-corrected chi connectivity index (χ3v) is 6.85. The SMILES string of the molecule is CCn1c(CNC(=O)c2ccccc2OC)nnc1S[C@H](C)C(=O)Nc1nc(C)c(C)s1. The summed E-state index contributed by atoms with van der Waals surface area (Å²) in [4.78, 5) is 30.6. The molecule has 3 aromatic rings. The number of hydrogen-bond donors (Lipinski definition) is 2. The molecule has 170 valence electrons. The highest BCUT2D eigenvalue weighted by atomic mass is 32.2. The summed E-state index contributed by atoms with van der Waals surface area (Å²) in [5.74, 6) is 0.699. The zero-order valence-corrected chi connectivity index (χ0v) is 20.3. The van der Waals surface area contributed by atoms with Gasteiger partial charge in [-0.2, -0.15) is 0 Å². The summed E-state index contributed by atoms with van der Waals surface area (Å²) in [6, 6.07) is 7.02. The number of aryl methyl sites for hydroxylation is 2. The monoisotopic (exact) mass is 474 g/mol. The van der Waals surface area contributed by atoms with Gasteiger partial charge in [0, 0.05) is 11.4 Å². The Morgan fingerprint density at radius 2 is 2.00 bits per heavy atom. The van der Waals surface area contributed by atoms with Gasteiger partial charge >= 0.3 is 0 Å². The first kappa shape index (κ1) is 23.7. The second-order valence-corrected chi connectivity index (χ2v) is 9.45. The molecule has 32 heavy (non-hydrogen) atoms. The Kier molecular flexibility index (Phi) is 7.86. The number of amides is 2. The maximum absolute atomic E-state index is 12.6. The number of carbonyl (C=O) groups is 2. The van der Waals surface area contributed by atoms with Gasteiger partial charge in [-0.05, 0) is 39.8 Å². The van der Waals surface area contributed by atoms with Crippen LogP contribution in [0.2, 0.25) is 0 Å². The summed E-state index contributed by atoms with van der Waals surface area (Å²) in [5, 5.41) is 15.0. The fourth-order valence-corrected chi connectivity index (χ4v) is 4.64. The molecule has 2 N–H and O–H groups in total. The van der Waals surface area contributed by atoms with Crippen molar-refractivity contribution in [1.82, 2.24) is 25.1 Å². The molecule has 0 bridgehead atoms. The topological polar surface area (TPSA) is 111 Å². The Morgan fingerprint density at radius 3 is 2.66 bits per heavy atom. The Labute approximate surface area is 195 Å². The summed E-state index contributed by atoms with van der Waals surface area (Å²) >= 11 is 2.77. The lowest BCUT2D eigenvalue weighted by molar-refractivity contribution is -0.115. The van der Waals surface area contributed by atoms with E-state index < -0.39 is 5.25 Å². The van der Waals surface area contributed by atoms with Gasteiger partial charge in [0.2, 0.25) is 5.91 Å². The van der Waals surface area contributed by atoms with Gasteiger partial charge in [-0.15, -0.1) is 21.5 Å². The van der Waals surface area contributed by atoms with E-state index in [1.807, 2.05) is 32.3 Å². The molecule has 0 aliphatic rings. The first-order chi connectivity index (χ1) is 15.3. The Bertz CT molecular complexity index is 1090. The van der Waals surface area contributed by atoms with Gasteiger partial charge in [-0.25, -0.2) is 4.98 Å². The highest BCUT2D eigenvalue weighted by Gasteiger charge is 2.21. The molecule has 11 heteroatoms. The second kappa shape index (κ2) is 10.6. The van der Waals surface area contributed by atoms with Crippen LogP contribution in [-0.4, -0.2) is 43.9 Å². The molecule has 1 atom stereocenters. The summed E-state index contributed by atoms with van der Waals surface area (Å²) in [5.41, 5.74) is 1.36. The van der Waals surface area contributed by atoms with E-state index in [-0.39, 0.29) is 18.4 Å². The number of thiazole rings is 1. The number of para-hydroxylation sites is 1. The molecule has 9 nitrogen and oxygen atoms in total. The number of rotatable bonds is 9. The van der Waals surface area contributed by atoms with Crippen molar-refractivity contribution in [1.29, 1.82) is 0 Å². The first-order valence-corrected chi connectivity index (χ1v) is 11.8. The lowest BCUT2D eigenvalue weighted by atomic mass is 10.2. The number of ether oxygens (including phenoxy) is 1. The molecule has 0 spiro atoms. The third kappa shape index (κ3) is 5.46. The summed E-state index contributed by atoms with van der Waals surface area (Å²) in [6.45, 7) is 8.47. The minimum Gasteiger partial charge on any atom is -0.496 e. The van der Waals surface area contributed by atoms with E-state index in [0.717, 1.165) is 10.6 Å². The van der Waals surface area contributed by atoms with Crippen LogP contribution in [0.15, 0.2) is 29.4 Å². The summed E-state index contributed by atoms with van der Waals surface area (Å²) in [7, 11) is 1.53. The number of benzene rings is 1. The van der Waals surface area contributed by atoms with Crippen LogP contribution >= 0.6 is 23.1 Å². The minimum absolute atomic E-state index is 0.152. The molecular weight excluding hydrogens is 448 g/mol. The van der Waals surface area contributed by atoms with E-state index in [4.69, 9.17) is 4.74 Å². The number of nitrogens with zero attached hydrogens (tertiary/aromatic N) is 4. The van der Waals surface area contributed by atoms with E-state index in [0.29, 0.717) is 34.0 Å². The number of nitrogens with one attached hydrogen (secondary N) is 2. The molecule has 1 aromatic carbocycles. The maximum atomic E-state index is 12.6. The molecule has 0 saturated carbocycles. The molecule has 0 radical (unpaired) electrons. The highest BCUT2D eigenvalue weighted by molar-refractivity contribution is 8.00. The third-order valence-electron chi connectivity index (χ3n) is 4.78. The van der Waals surface area contributed by atoms with Crippen LogP contribution in [0.5, 0.6) is 5.75 Å². The molecule has 2 amide bonds. The maximum Gasteiger partial charge on any atom is 0.255 e. The zero-order chi connectivity index (χ0) is 23.3. The number of methoxy groups -OCH3 is 1. The van der Waals surface area contributed by atoms with Crippen molar-refractivity contribution in [3.63, 3.8) is 0 Å². The summed E-state index contributed by atoms with van der Waals surface area (Å²) in [6.07, 6.45) is 0. The number of hydrogen-bond acceptors (Lipinski definition) is 8. The van der Waals surface area contributed by atoms with Crippen molar-refractivity contribution in [2.24, 2.45) is 0 Å². The quantitative estimate of drug-likeness (QED) is 0.457. The largest absolute Gasteiger partial charge is 0.496 e. The molecule has 0 fully saturated rings. The lowest BCUT2D eigenvalue weighted by Crippen LogP contribution is -2.25. The van der Waals surface area contributed by atoms with Crippen LogP contribution in [0.1, 0.15) is 40.6 Å². The second-order valence-electron chi connectivity index (χ2n) is 6.94. The number of carbonyl (C=O) groups excluding carboxylic acids is 2. The van der Waals surface area contributed by atoms with Crippen LogP contribution in [-0.2, 0) is 17.9 Å². The lowest BCUT2D eigenvalue weighted by Gasteiger charge is -2.12. The first-order valence-electron chi connectivity index (χ1n) is 10.1. The van der Waals surface area contributed by atoms with Crippen molar-refractivity contribution < 1.29 is 14.3 Å². The van der Waals surface area contributed by atoms with E-state index >= 15 is 0 Å². The Morgan fingerprint density at radius 1 is 1.25 bits per heavy atom. The van der Waals surface area contributed by atoms with Crippen LogP contribution < -0.4 is 15.4 Å². The van der Waals surface area contributed by atoms with Gasteiger partial charge in [-0.1, -0.05) is 23.9 Å².